The molecule has 0 radical (unpaired) electrons. The molecule has 0 aromatic rings. The normalized spacial score (nSPS) is 9.00. The first-order valence-electron chi connectivity index (χ1n) is 1.28. The van der Waals surface area contributed by atoms with E-state index in [9.17, 15) is 4.79 Å². The molecule has 1 nitrogen and oxygen atoms in total. The van der Waals surface area contributed by atoms with Crippen LogP contribution in [0.2, 0.25) is 0 Å². The molecule has 4 heteroatoms. The van der Waals surface area contributed by atoms with Crippen LogP contribution in [-0.4, -0.2) is 5.12 Å². The molecule has 0 rings (SSSR count). The molecular formula is C2H4OPS2-. The monoisotopic (exact) mass is 139 g/mol. The summed E-state index contributed by atoms with van der Waals surface area (Å²) < 4.78 is 0. The summed E-state index contributed by atoms with van der Waals surface area (Å²) in [4.78, 5) is 10.0. The predicted molar refractivity (Wildman–Crippen MR) is 33.7 cm³/mol. The van der Waals surface area contributed by atoms with Gasteiger partial charge in [-0.1, -0.05) is 0 Å². The van der Waals surface area contributed by atoms with Crippen molar-refractivity contribution in [3.05, 3.63) is 0 Å². The summed E-state index contributed by atoms with van der Waals surface area (Å²) in [5.74, 6) is 0. The van der Waals surface area contributed by atoms with Crippen molar-refractivity contribution in [2.24, 2.45) is 0 Å². The maximum absolute atomic E-state index is 10.0. The van der Waals surface area contributed by atoms with Crippen LogP contribution in [0.25, 0.3) is 0 Å². The van der Waals surface area contributed by atoms with Gasteiger partial charge in [0.2, 0.25) is 0 Å². The molecule has 0 unspecified atom stereocenters. The molecular weight excluding hydrogens is 135 g/mol. The third kappa shape index (κ3) is 2.76. The summed E-state index contributed by atoms with van der Waals surface area (Å²) in [5.41, 5.74) is 0. The minimum atomic E-state index is -0.617. The lowest BCUT2D eigenvalue weighted by atomic mass is 10.9. The zero-order valence-electron chi connectivity index (χ0n) is 3.22. The van der Waals surface area contributed by atoms with Crippen LogP contribution < -0.4 is 0 Å². The molecule has 0 N–H and O–H groups in total. The van der Waals surface area contributed by atoms with E-state index in [2.05, 4.69) is 19.2 Å². The van der Waals surface area contributed by atoms with Crippen molar-refractivity contribution in [3.8, 4) is 0 Å². The number of carbonyl (C=O) groups is 1. The smallest absolute Gasteiger partial charge is 0.0474 e. The number of hydrogen-bond donors (Lipinski definition) is 0. The molecule has 0 saturated carbocycles. The largest absolute Gasteiger partial charge is 0.326 e. The quantitative estimate of drug-likeness (QED) is 0.362. The number of hydrogen-bond acceptors (Lipinski definition) is 3. The molecule has 0 amide bonds. The third-order valence-corrected chi connectivity index (χ3v) is 2.35. The minimum Gasteiger partial charge on any atom is -0.326 e. The molecule has 0 aromatic carbocycles. The van der Waals surface area contributed by atoms with Crippen molar-refractivity contribution in [1.29, 1.82) is 0 Å². The van der Waals surface area contributed by atoms with Gasteiger partial charge in [-0.05, 0) is 6.92 Å². The van der Waals surface area contributed by atoms with Crippen molar-refractivity contribution in [1.82, 2.24) is 0 Å². The van der Waals surface area contributed by atoms with Crippen LogP contribution in [-0.2, 0) is 24.6 Å². The molecule has 36 valence electrons. The summed E-state index contributed by atoms with van der Waals surface area (Å²) in [6, 6.07) is 0. The summed E-state index contributed by atoms with van der Waals surface area (Å²) in [5, 5.41) is 0.0154. The molecule has 0 aromatic heterocycles. The molecule has 0 aliphatic rings. The maximum atomic E-state index is 10.0. The van der Waals surface area contributed by atoms with Gasteiger partial charge < -0.3 is 13.4 Å². The molecule has 0 aliphatic carbocycles. The molecule has 0 aliphatic heterocycles. The first-order valence-corrected chi connectivity index (χ1v) is 4.65. The van der Waals surface area contributed by atoms with Gasteiger partial charge in [0.15, 0.2) is 0 Å². The van der Waals surface area contributed by atoms with E-state index in [1.165, 1.54) is 6.92 Å². The highest BCUT2D eigenvalue weighted by Crippen LogP contribution is 1.74. The Morgan fingerprint density at radius 2 is 2.17 bits per heavy atom. The van der Waals surface area contributed by atoms with Crippen LogP contribution in [0, 0.1) is 0 Å². The van der Waals surface area contributed by atoms with E-state index in [4.69, 9.17) is 0 Å². The first-order chi connectivity index (χ1) is 2.64. The Hall–Kier alpha value is 0.540. The summed E-state index contributed by atoms with van der Waals surface area (Å²) in [6.45, 7) is 1.46. The van der Waals surface area contributed by atoms with Crippen molar-refractivity contribution in [2.45, 2.75) is 6.92 Å². The average Bonchev–Trinajstić information content (AvgIpc) is 1.36. The molecule has 6 heavy (non-hydrogen) atoms. The molecule has 0 heterocycles. The second-order valence-corrected chi connectivity index (χ2v) is 4.99. The summed E-state index contributed by atoms with van der Waals surface area (Å²) in [7, 11) is 2.36. The molecule has 0 bridgehead atoms. The van der Waals surface area contributed by atoms with E-state index >= 15 is 0 Å². The van der Waals surface area contributed by atoms with Crippen molar-refractivity contribution < 1.29 is 4.79 Å². The Kier molecular flexibility index (Phi) is 2.91. The Bertz CT molecular complexity index is 118. The van der Waals surface area contributed by atoms with Crippen LogP contribution in [0.5, 0.6) is 0 Å². The van der Waals surface area contributed by atoms with E-state index in [1.54, 1.807) is 0 Å². The fourth-order valence-electron chi connectivity index (χ4n) is 0. The molecule has 0 saturated heterocycles. The summed E-state index contributed by atoms with van der Waals surface area (Å²) in [6.07, 6.45) is 0. The molecule has 0 atom stereocenters. The minimum absolute atomic E-state index is 0.0154. The second-order valence-electron chi connectivity index (χ2n) is 0.760. The highest BCUT2D eigenvalue weighted by Gasteiger charge is 1.62. The Morgan fingerprint density at radius 1 is 2.00 bits per heavy atom. The Labute approximate surface area is 45.2 Å². The van der Waals surface area contributed by atoms with Crippen molar-refractivity contribution in [2.75, 3.05) is 0 Å². The Balaban J connectivity index is 3.94. The van der Waals surface area contributed by atoms with Crippen molar-refractivity contribution in [3.63, 3.8) is 0 Å². The third-order valence-electron chi connectivity index (χ3n) is 0.261. The van der Waals surface area contributed by atoms with E-state index in [0.29, 0.717) is 0 Å². The van der Waals surface area contributed by atoms with E-state index in [1.807, 2.05) is 0 Å². The number of rotatable bonds is 0. The van der Waals surface area contributed by atoms with Crippen LogP contribution in [0.3, 0.4) is 0 Å². The van der Waals surface area contributed by atoms with Crippen LogP contribution in [0.15, 0.2) is 0 Å². The Morgan fingerprint density at radius 3 is 2.17 bits per heavy atom. The zero-order chi connectivity index (χ0) is 5.15. The van der Waals surface area contributed by atoms with Gasteiger partial charge in [0.1, 0.15) is 0 Å². The first kappa shape index (κ1) is 6.54. The van der Waals surface area contributed by atoms with E-state index < -0.39 is 8.63 Å². The second kappa shape index (κ2) is 2.67. The average molecular weight is 139 g/mol. The van der Waals surface area contributed by atoms with Crippen molar-refractivity contribution >= 4 is 33.0 Å². The predicted octanol–water partition coefficient (Wildman–Crippen LogP) is 0.671. The lowest BCUT2D eigenvalue weighted by molar-refractivity contribution is -0.109. The standard InChI is InChI=1S/C2H4OPS2/c1-2(3)6(4)5/h4H,1H3/q-1. The maximum Gasteiger partial charge on any atom is 0.0474 e. The molecule has 0 spiro atoms. The fourth-order valence-corrected chi connectivity index (χ4v) is 0. The van der Waals surface area contributed by atoms with Crippen LogP contribution in [0.1, 0.15) is 6.92 Å². The van der Waals surface area contributed by atoms with E-state index in [0.717, 1.165) is 0 Å². The fraction of sp³-hybridized carbons (Fsp3) is 0.500. The highest BCUT2D eigenvalue weighted by atomic mass is 32.9. The van der Waals surface area contributed by atoms with Gasteiger partial charge in [0.05, 0.1) is 0 Å². The van der Waals surface area contributed by atoms with Gasteiger partial charge >= 0.3 is 0 Å². The molecule has 0 fully saturated rings. The highest BCUT2D eigenvalue weighted by molar-refractivity contribution is 8.46. The topological polar surface area (TPSA) is 17.1 Å². The zero-order valence-corrected chi connectivity index (χ0v) is 5.86. The van der Waals surface area contributed by atoms with E-state index in [-0.39, 0.29) is 5.12 Å². The van der Waals surface area contributed by atoms with Crippen LogP contribution >= 0.6 is 8.02 Å². The van der Waals surface area contributed by atoms with Gasteiger partial charge in [-0.15, -0.1) is 0 Å². The van der Waals surface area contributed by atoms with Gasteiger partial charge in [-0.2, -0.15) is 0 Å². The lowest BCUT2D eigenvalue weighted by Gasteiger charge is -1.88. The van der Waals surface area contributed by atoms with Gasteiger partial charge in [0.25, 0.3) is 0 Å². The van der Waals surface area contributed by atoms with Gasteiger partial charge in [-0.25, -0.2) is 0 Å². The summed E-state index contributed by atoms with van der Waals surface area (Å²) >= 11 is 4.49. The SMILES string of the molecule is CC(=O)[S-](=P)=S. The lowest BCUT2D eigenvalue weighted by Crippen LogP contribution is -1.82. The number of carbonyl (C=O) groups excluding carboxylic acids is 1. The van der Waals surface area contributed by atoms with Gasteiger partial charge in [0, 0.05) is 5.12 Å². The van der Waals surface area contributed by atoms with Gasteiger partial charge in [-0.3, -0.25) is 19.2 Å². The van der Waals surface area contributed by atoms with Crippen LogP contribution in [0.4, 0.5) is 0 Å².